The smallest absolute Gasteiger partial charge is 0.343 e. The van der Waals surface area contributed by atoms with Gasteiger partial charge in [0.25, 0.3) is 0 Å². The maximum Gasteiger partial charge on any atom is 0.343 e. The number of nitrogens with zero attached hydrogens (tertiary/aromatic N) is 2. The minimum absolute atomic E-state index is 0.0558. The highest BCUT2D eigenvalue weighted by Crippen LogP contribution is 2.57. The van der Waals surface area contributed by atoms with Crippen molar-refractivity contribution in [2.75, 3.05) is 4.81 Å². The summed E-state index contributed by atoms with van der Waals surface area (Å²) in [5.41, 5.74) is 17.1. The van der Waals surface area contributed by atoms with Crippen LogP contribution in [0, 0.1) is 0 Å². The van der Waals surface area contributed by atoms with Crippen molar-refractivity contribution in [3.8, 4) is 16.8 Å². The standard InChI is InChI=1S/C47H39BN2S/c1-45(2)22-23-46(3,4)34-25-37-30(24-33(34)45)42-44(51-37)48-40-38(26-14-7-8-15-27(26)39-28-16-9-11-20-35(28)49(42)43(39)40)29-17-13-19-32-41(29)50(48)36-21-12-10-18-31(36)47(32,5)6/h7-21,24-25H,22-23H2,1-6H3. The Morgan fingerprint density at radius 3 is 2.08 bits per heavy atom. The van der Waals surface area contributed by atoms with Crippen LogP contribution in [0.2, 0.25) is 0 Å². The molecule has 2 aromatic heterocycles. The summed E-state index contributed by atoms with van der Waals surface area (Å²) in [5, 5.41) is 6.86. The molecule has 8 aromatic rings. The molecule has 0 amide bonds. The van der Waals surface area contributed by atoms with Crippen molar-refractivity contribution in [3.63, 3.8) is 0 Å². The lowest BCUT2D eigenvalue weighted by atomic mass is 9.45. The van der Waals surface area contributed by atoms with Crippen molar-refractivity contribution in [1.29, 1.82) is 0 Å². The van der Waals surface area contributed by atoms with Gasteiger partial charge in [0.1, 0.15) is 0 Å². The van der Waals surface area contributed by atoms with Gasteiger partial charge in [-0.3, -0.25) is 0 Å². The molecular formula is C47H39BN2S. The molecule has 246 valence electrons. The minimum atomic E-state index is -0.126. The summed E-state index contributed by atoms with van der Waals surface area (Å²) in [5.74, 6) is 0. The van der Waals surface area contributed by atoms with Gasteiger partial charge in [0.2, 0.25) is 0 Å². The van der Waals surface area contributed by atoms with Gasteiger partial charge in [-0.1, -0.05) is 120 Å². The summed E-state index contributed by atoms with van der Waals surface area (Å²) in [4.78, 5) is 2.77. The molecule has 0 saturated heterocycles. The molecule has 5 heterocycles. The highest BCUT2D eigenvalue weighted by molar-refractivity contribution is 7.32. The second-order valence-electron chi connectivity index (χ2n) is 17.5. The van der Waals surface area contributed by atoms with Crippen LogP contribution in [0.1, 0.15) is 76.6 Å². The third-order valence-corrected chi connectivity index (χ3v) is 14.8. The normalized spacial score (nSPS) is 18.2. The summed E-state index contributed by atoms with van der Waals surface area (Å²) in [6, 6.07) is 40.0. The van der Waals surface area contributed by atoms with Crippen molar-refractivity contribution in [2.24, 2.45) is 0 Å². The quantitative estimate of drug-likeness (QED) is 0.145. The molecule has 0 atom stereocenters. The van der Waals surface area contributed by atoms with Crippen LogP contribution in [-0.2, 0) is 16.2 Å². The number of anilines is 2. The van der Waals surface area contributed by atoms with Gasteiger partial charge >= 0.3 is 6.85 Å². The maximum atomic E-state index is 2.77. The Balaban J connectivity index is 1.35. The zero-order valence-corrected chi connectivity index (χ0v) is 30.9. The van der Waals surface area contributed by atoms with E-state index in [4.69, 9.17) is 0 Å². The number of thiophene rings is 1. The fraction of sp³-hybridized carbons (Fsp3) is 0.234. The van der Waals surface area contributed by atoms with E-state index in [9.17, 15) is 0 Å². The molecule has 4 aliphatic rings. The molecule has 0 saturated carbocycles. The van der Waals surface area contributed by atoms with Crippen molar-refractivity contribution in [2.45, 2.75) is 70.6 Å². The Bertz CT molecular complexity index is 2920. The molecule has 1 aliphatic carbocycles. The van der Waals surface area contributed by atoms with E-state index >= 15 is 0 Å². The number of benzene rings is 6. The molecule has 0 N–H and O–H groups in total. The van der Waals surface area contributed by atoms with Crippen LogP contribution in [0.4, 0.5) is 11.4 Å². The number of aromatic nitrogens is 1. The Morgan fingerprint density at radius 1 is 0.608 bits per heavy atom. The zero-order chi connectivity index (χ0) is 34.3. The van der Waals surface area contributed by atoms with E-state index in [1.165, 1.54) is 116 Å². The predicted molar refractivity (Wildman–Crippen MR) is 220 cm³/mol. The van der Waals surface area contributed by atoms with Gasteiger partial charge in [0, 0.05) is 48.0 Å². The lowest BCUT2D eigenvalue weighted by molar-refractivity contribution is 0.332. The van der Waals surface area contributed by atoms with Gasteiger partial charge < -0.3 is 9.38 Å². The average Bonchev–Trinajstić information content (AvgIpc) is 3.68. The molecule has 0 radical (unpaired) electrons. The predicted octanol–water partition coefficient (Wildman–Crippen LogP) is 11.4. The topological polar surface area (TPSA) is 8.17 Å². The second-order valence-corrected chi connectivity index (χ2v) is 18.6. The fourth-order valence-electron chi connectivity index (χ4n) is 11.0. The first-order valence-electron chi connectivity index (χ1n) is 18.7. The Hall–Kier alpha value is -4.80. The highest BCUT2D eigenvalue weighted by atomic mass is 32.1. The Morgan fingerprint density at radius 2 is 1.27 bits per heavy atom. The van der Waals surface area contributed by atoms with Crippen LogP contribution in [0.5, 0.6) is 0 Å². The highest BCUT2D eigenvalue weighted by Gasteiger charge is 2.51. The third kappa shape index (κ3) is 3.25. The lowest BCUT2D eigenvalue weighted by Crippen LogP contribution is -2.61. The van der Waals surface area contributed by atoms with E-state index in [1.54, 1.807) is 0 Å². The Kier molecular flexibility index (Phi) is 5.08. The van der Waals surface area contributed by atoms with E-state index in [-0.39, 0.29) is 23.1 Å². The number of hydrogen-bond donors (Lipinski definition) is 0. The fourth-order valence-corrected chi connectivity index (χ4v) is 12.3. The molecule has 0 fully saturated rings. The summed E-state index contributed by atoms with van der Waals surface area (Å²) in [7, 11) is 0. The van der Waals surface area contributed by atoms with Crippen molar-refractivity contribution >= 4 is 82.5 Å². The van der Waals surface area contributed by atoms with Crippen LogP contribution in [0.3, 0.4) is 0 Å². The number of fused-ring (bicyclic) bond motifs is 16. The molecule has 51 heavy (non-hydrogen) atoms. The van der Waals surface area contributed by atoms with Crippen LogP contribution in [0.25, 0.3) is 59.5 Å². The largest absolute Gasteiger partial charge is 0.375 e. The number of para-hydroxylation sites is 3. The molecule has 2 nitrogen and oxygen atoms in total. The van der Waals surface area contributed by atoms with Gasteiger partial charge in [-0.05, 0) is 92.0 Å². The lowest BCUT2D eigenvalue weighted by Gasteiger charge is -2.49. The summed E-state index contributed by atoms with van der Waals surface area (Å²) < 4.78 is 5.58. The van der Waals surface area contributed by atoms with Gasteiger partial charge in [-0.25, -0.2) is 0 Å². The van der Waals surface area contributed by atoms with Crippen LogP contribution in [-0.4, -0.2) is 11.4 Å². The van der Waals surface area contributed by atoms with E-state index in [2.05, 4.69) is 154 Å². The van der Waals surface area contributed by atoms with Crippen molar-refractivity contribution < 1.29 is 0 Å². The van der Waals surface area contributed by atoms with Gasteiger partial charge in [-0.15, -0.1) is 11.3 Å². The third-order valence-electron chi connectivity index (χ3n) is 13.6. The van der Waals surface area contributed by atoms with Crippen LogP contribution in [0.15, 0.2) is 103 Å². The molecule has 4 heteroatoms. The van der Waals surface area contributed by atoms with E-state index in [0.29, 0.717) is 0 Å². The summed E-state index contributed by atoms with van der Waals surface area (Å²) in [6.45, 7) is 14.8. The second kappa shape index (κ2) is 8.98. The van der Waals surface area contributed by atoms with Gasteiger partial charge in [-0.2, -0.15) is 0 Å². The molecular weight excluding hydrogens is 635 g/mol. The zero-order valence-electron chi connectivity index (χ0n) is 30.1. The molecule has 6 aromatic carbocycles. The van der Waals surface area contributed by atoms with Crippen LogP contribution >= 0.6 is 11.3 Å². The molecule has 3 aliphatic heterocycles. The minimum Gasteiger partial charge on any atom is -0.375 e. The number of hydrogen-bond acceptors (Lipinski definition) is 2. The first-order valence-corrected chi connectivity index (χ1v) is 19.5. The van der Waals surface area contributed by atoms with Gasteiger partial charge in [0.15, 0.2) is 0 Å². The summed E-state index contributed by atoms with van der Waals surface area (Å²) in [6.07, 6.45) is 2.43. The van der Waals surface area contributed by atoms with E-state index < -0.39 is 0 Å². The molecule has 0 bridgehead atoms. The summed E-state index contributed by atoms with van der Waals surface area (Å²) >= 11 is 2.05. The number of rotatable bonds is 0. The van der Waals surface area contributed by atoms with Crippen molar-refractivity contribution in [3.05, 3.63) is 125 Å². The average molecular weight is 675 g/mol. The Labute approximate surface area is 303 Å². The molecule has 0 spiro atoms. The monoisotopic (exact) mass is 674 g/mol. The molecule has 0 unspecified atom stereocenters. The maximum absolute atomic E-state index is 2.77. The first kappa shape index (κ1) is 28.9. The van der Waals surface area contributed by atoms with Gasteiger partial charge in [0.05, 0.1) is 16.7 Å². The van der Waals surface area contributed by atoms with E-state index in [0.717, 1.165) is 0 Å². The molecule has 12 rings (SSSR count). The van der Waals surface area contributed by atoms with Crippen molar-refractivity contribution in [1.82, 2.24) is 4.57 Å². The van der Waals surface area contributed by atoms with E-state index in [1.807, 2.05) is 11.3 Å². The van der Waals surface area contributed by atoms with Crippen LogP contribution < -0.4 is 15.1 Å². The SMILES string of the molecule is CC1(C)CCC(C)(C)c2cc3c4c(sc3cc21)B1c2c(c3ccccc3c3c5ccccc5n-4c23)-c2cccc3c2N1c1ccccc1C3(C)C. The first-order chi connectivity index (χ1) is 24.6.